The number of thioether (sulfide) groups is 1. The van der Waals surface area contributed by atoms with E-state index in [0.29, 0.717) is 25.4 Å². The molecule has 7 heteroatoms. The van der Waals surface area contributed by atoms with E-state index in [1.54, 1.807) is 16.1 Å². The summed E-state index contributed by atoms with van der Waals surface area (Å²) in [6.07, 6.45) is 4.36. The lowest BCUT2D eigenvalue weighted by Gasteiger charge is -2.27. The van der Waals surface area contributed by atoms with Gasteiger partial charge in [-0.2, -0.15) is 0 Å². The number of hydrogen-bond donors (Lipinski definition) is 0. The van der Waals surface area contributed by atoms with Crippen LogP contribution in [0, 0.1) is 0 Å². The maximum absolute atomic E-state index is 13.2. The van der Waals surface area contributed by atoms with Crippen molar-refractivity contribution in [2.24, 2.45) is 7.05 Å². The van der Waals surface area contributed by atoms with Gasteiger partial charge in [0.15, 0.2) is 0 Å². The number of aryl methyl sites for hydroxylation is 1. The first kappa shape index (κ1) is 22.7. The molecular weight excluding hydrogens is 410 g/mol. The smallest absolute Gasteiger partial charge is 0.242 e. The molecule has 0 unspecified atom stereocenters. The van der Waals surface area contributed by atoms with E-state index in [-0.39, 0.29) is 18.4 Å². The average Bonchev–Trinajstić information content (AvgIpc) is 3.44. The van der Waals surface area contributed by atoms with Gasteiger partial charge in [-0.25, -0.2) is 0 Å². The lowest BCUT2D eigenvalue weighted by molar-refractivity contribution is -0.140. The lowest BCUT2D eigenvalue weighted by Crippen LogP contribution is -2.43. The highest BCUT2D eigenvalue weighted by molar-refractivity contribution is 8.00. The van der Waals surface area contributed by atoms with Crippen LogP contribution in [0.25, 0.3) is 0 Å². The molecule has 6 nitrogen and oxygen atoms in total. The topological polar surface area (TPSA) is 58.7 Å². The summed E-state index contributed by atoms with van der Waals surface area (Å²) >= 11 is 1.49. The molecule has 2 heterocycles. The Balaban J connectivity index is 1.67. The molecule has 2 aromatic heterocycles. The summed E-state index contributed by atoms with van der Waals surface area (Å²) < 4.78 is 7.46. The largest absolute Gasteiger partial charge is 0.467 e. The van der Waals surface area contributed by atoms with Gasteiger partial charge >= 0.3 is 0 Å². The Labute approximate surface area is 187 Å². The van der Waals surface area contributed by atoms with Crippen LogP contribution in [0.15, 0.2) is 76.4 Å². The first-order chi connectivity index (χ1) is 15.1. The zero-order valence-electron chi connectivity index (χ0n) is 18.1. The second-order valence-corrected chi connectivity index (χ2v) is 8.41. The van der Waals surface area contributed by atoms with E-state index in [2.05, 4.69) is 0 Å². The van der Waals surface area contributed by atoms with Crippen LogP contribution in [0.5, 0.6) is 0 Å². The first-order valence-corrected chi connectivity index (χ1v) is 11.4. The Morgan fingerprint density at radius 3 is 2.42 bits per heavy atom. The number of rotatable bonds is 11. The summed E-state index contributed by atoms with van der Waals surface area (Å²) in [4.78, 5) is 30.6. The number of nitrogens with zero attached hydrogens (tertiary/aromatic N) is 3. The fourth-order valence-corrected chi connectivity index (χ4v) is 4.08. The third kappa shape index (κ3) is 6.79. The Morgan fingerprint density at radius 1 is 0.968 bits per heavy atom. The van der Waals surface area contributed by atoms with Crippen LogP contribution in [0.1, 0.15) is 24.8 Å². The standard InChI is InChI=1S/C24H29N3O3S/c1-3-13-26(24(29)19-31-22-11-5-4-6-12-22)18-23(28)27(17-21-10-8-15-30-21)16-20-9-7-14-25(20)2/h4-12,14-15H,3,13,16-19H2,1-2H3. The van der Waals surface area contributed by atoms with Crippen molar-refractivity contribution in [2.45, 2.75) is 31.3 Å². The molecule has 31 heavy (non-hydrogen) atoms. The van der Waals surface area contributed by atoms with Gasteiger partial charge in [0.05, 0.1) is 31.7 Å². The van der Waals surface area contributed by atoms with Crippen LogP contribution >= 0.6 is 11.8 Å². The maximum Gasteiger partial charge on any atom is 0.242 e. The van der Waals surface area contributed by atoms with Crippen LogP contribution in [-0.4, -0.2) is 45.0 Å². The number of carbonyl (C=O) groups is 2. The molecule has 1 aromatic carbocycles. The second kappa shape index (κ2) is 11.5. The molecule has 0 atom stereocenters. The van der Waals surface area contributed by atoms with Crippen LogP contribution in [-0.2, 0) is 29.7 Å². The number of furan rings is 1. The Morgan fingerprint density at radius 2 is 1.77 bits per heavy atom. The molecule has 0 aliphatic rings. The van der Waals surface area contributed by atoms with Crippen molar-refractivity contribution in [1.82, 2.24) is 14.4 Å². The van der Waals surface area contributed by atoms with Crippen LogP contribution in [0.3, 0.4) is 0 Å². The van der Waals surface area contributed by atoms with Crippen molar-refractivity contribution in [1.29, 1.82) is 0 Å². The third-order valence-electron chi connectivity index (χ3n) is 4.96. The van der Waals surface area contributed by atoms with Crippen molar-refractivity contribution < 1.29 is 14.0 Å². The summed E-state index contributed by atoms with van der Waals surface area (Å²) in [5, 5.41) is 0. The predicted molar refractivity (Wildman–Crippen MR) is 122 cm³/mol. The fraction of sp³-hybridized carbons (Fsp3) is 0.333. The van der Waals surface area contributed by atoms with Crippen molar-refractivity contribution in [3.05, 3.63) is 78.5 Å². The Hall–Kier alpha value is -2.93. The van der Waals surface area contributed by atoms with Gasteiger partial charge < -0.3 is 18.8 Å². The minimum absolute atomic E-state index is 0.0270. The van der Waals surface area contributed by atoms with Crippen LogP contribution in [0.4, 0.5) is 0 Å². The quantitative estimate of drug-likeness (QED) is 0.421. The molecule has 0 radical (unpaired) electrons. The van der Waals surface area contributed by atoms with Gasteiger partial charge in [0.2, 0.25) is 11.8 Å². The SMILES string of the molecule is CCCN(CC(=O)N(Cc1ccco1)Cc1cccn1C)C(=O)CSc1ccccc1. The van der Waals surface area contributed by atoms with E-state index >= 15 is 0 Å². The lowest BCUT2D eigenvalue weighted by atomic mass is 10.3. The monoisotopic (exact) mass is 439 g/mol. The first-order valence-electron chi connectivity index (χ1n) is 10.4. The molecule has 0 saturated carbocycles. The molecular formula is C24H29N3O3S. The summed E-state index contributed by atoms with van der Waals surface area (Å²) in [6.45, 7) is 3.45. The molecule has 0 bridgehead atoms. The predicted octanol–water partition coefficient (Wildman–Crippen LogP) is 4.18. The van der Waals surface area contributed by atoms with Crippen molar-refractivity contribution in [3.8, 4) is 0 Å². The van der Waals surface area contributed by atoms with Gasteiger partial charge in [-0.05, 0) is 42.8 Å². The van der Waals surface area contributed by atoms with Gasteiger partial charge in [-0.1, -0.05) is 25.1 Å². The summed E-state index contributed by atoms with van der Waals surface area (Å²) in [5.41, 5.74) is 1.02. The molecule has 3 rings (SSSR count). The van der Waals surface area contributed by atoms with E-state index in [9.17, 15) is 9.59 Å². The van der Waals surface area contributed by atoms with E-state index in [1.807, 2.05) is 79.3 Å². The molecule has 3 aromatic rings. The highest BCUT2D eigenvalue weighted by Crippen LogP contribution is 2.18. The van der Waals surface area contributed by atoms with Gasteiger partial charge in [0.25, 0.3) is 0 Å². The van der Waals surface area contributed by atoms with Crippen molar-refractivity contribution in [2.75, 3.05) is 18.8 Å². The van der Waals surface area contributed by atoms with Gasteiger partial charge in [-0.15, -0.1) is 11.8 Å². The highest BCUT2D eigenvalue weighted by Gasteiger charge is 2.22. The fourth-order valence-electron chi connectivity index (χ4n) is 3.26. The summed E-state index contributed by atoms with van der Waals surface area (Å²) in [5.74, 6) is 0.911. The van der Waals surface area contributed by atoms with Crippen LogP contribution in [0.2, 0.25) is 0 Å². The Kier molecular flexibility index (Phi) is 8.41. The number of benzene rings is 1. The number of amides is 2. The average molecular weight is 440 g/mol. The summed E-state index contributed by atoms with van der Waals surface area (Å²) in [7, 11) is 1.96. The number of aromatic nitrogens is 1. The number of carbonyl (C=O) groups excluding carboxylic acids is 2. The molecule has 0 fully saturated rings. The molecule has 0 aliphatic heterocycles. The van der Waals surface area contributed by atoms with Gasteiger partial charge in [-0.3, -0.25) is 9.59 Å². The maximum atomic E-state index is 13.2. The highest BCUT2D eigenvalue weighted by atomic mass is 32.2. The molecule has 0 N–H and O–H groups in total. The zero-order valence-corrected chi connectivity index (χ0v) is 18.9. The minimum atomic E-state index is -0.0934. The second-order valence-electron chi connectivity index (χ2n) is 7.36. The summed E-state index contributed by atoms with van der Waals surface area (Å²) in [6, 6.07) is 17.5. The van der Waals surface area contributed by atoms with E-state index in [1.165, 1.54) is 11.8 Å². The van der Waals surface area contributed by atoms with Crippen molar-refractivity contribution >= 4 is 23.6 Å². The zero-order chi connectivity index (χ0) is 22.1. The molecule has 0 spiro atoms. The van der Waals surface area contributed by atoms with E-state index in [0.717, 1.165) is 22.8 Å². The third-order valence-corrected chi connectivity index (χ3v) is 5.96. The normalized spacial score (nSPS) is 10.8. The molecule has 0 aliphatic carbocycles. The molecule has 164 valence electrons. The van der Waals surface area contributed by atoms with E-state index in [4.69, 9.17) is 4.42 Å². The number of hydrogen-bond acceptors (Lipinski definition) is 4. The van der Waals surface area contributed by atoms with Crippen molar-refractivity contribution in [3.63, 3.8) is 0 Å². The van der Waals surface area contributed by atoms with E-state index < -0.39 is 0 Å². The Bertz CT molecular complexity index is 954. The van der Waals surface area contributed by atoms with Gasteiger partial charge in [0.1, 0.15) is 5.76 Å². The molecule has 0 saturated heterocycles. The van der Waals surface area contributed by atoms with Crippen LogP contribution < -0.4 is 0 Å². The van der Waals surface area contributed by atoms with Gasteiger partial charge in [0, 0.05) is 30.4 Å². The molecule has 2 amide bonds. The minimum Gasteiger partial charge on any atom is -0.467 e.